The lowest BCUT2D eigenvalue weighted by molar-refractivity contribution is -0.139. The first-order chi connectivity index (χ1) is 16.9. The number of nitrogens with one attached hydrogen (secondary N) is 1. The molecule has 196 valence electrons. The second kappa shape index (κ2) is 11.8. The fraction of sp³-hybridized carbons (Fsp3) is 0.462. The summed E-state index contributed by atoms with van der Waals surface area (Å²) in [6.07, 6.45) is 4.96. The number of rotatable bonds is 9. The van der Waals surface area contributed by atoms with Gasteiger partial charge in [-0.2, -0.15) is 0 Å². The van der Waals surface area contributed by atoms with Gasteiger partial charge < -0.3 is 10.2 Å². The van der Waals surface area contributed by atoms with Gasteiger partial charge in [-0.1, -0.05) is 48.2 Å². The first-order valence-electron chi connectivity index (χ1n) is 12.0. The van der Waals surface area contributed by atoms with Gasteiger partial charge >= 0.3 is 0 Å². The Morgan fingerprint density at radius 3 is 2.14 bits per heavy atom. The molecule has 2 aromatic carbocycles. The Labute approximate surface area is 223 Å². The van der Waals surface area contributed by atoms with Gasteiger partial charge in [0.15, 0.2) is 0 Å². The molecule has 0 radical (unpaired) electrons. The zero-order chi connectivity index (χ0) is 26.6. The van der Waals surface area contributed by atoms with E-state index in [9.17, 15) is 18.0 Å². The lowest BCUT2D eigenvalue weighted by atomic mass is 10.1. The minimum Gasteiger partial charge on any atom is -0.352 e. The van der Waals surface area contributed by atoms with Crippen LogP contribution in [0.25, 0.3) is 0 Å². The summed E-state index contributed by atoms with van der Waals surface area (Å²) >= 11 is 12.8. The number of nitrogens with zero attached hydrogens (tertiary/aromatic N) is 2. The normalized spacial score (nSPS) is 14.9. The highest BCUT2D eigenvalue weighted by molar-refractivity contribution is 7.92. The summed E-state index contributed by atoms with van der Waals surface area (Å²) in [6, 6.07) is 9.57. The molecule has 1 saturated carbocycles. The summed E-state index contributed by atoms with van der Waals surface area (Å²) in [5.41, 5.74) is 2.62. The average molecular weight is 555 g/mol. The van der Waals surface area contributed by atoms with Crippen molar-refractivity contribution in [3.05, 3.63) is 63.1 Å². The van der Waals surface area contributed by atoms with E-state index < -0.39 is 28.5 Å². The summed E-state index contributed by atoms with van der Waals surface area (Å²) in [5.74, 6) is -0.833. The van der Waals surface area contributed by atoms with Crippen molar-refractivity contribution < 1.29 is 18.0 Å². The fourth-order valence-corrected chi connectivity index (χ4v) is 5.89. The SMILES string of the molecule is Cc1cc(C)cc(N(CC(=O)N(Cc2c(Cl)cccc2Cl)[C@@H](C)C(=O)NC2CCCC2)S(C)(=O)=O)c1. The van der Waals surface area contributed by atoms with Crippen LogP contribution in [0.5, 0.6) is 0 Å². The van der Waals surface area contributed by atoms with Crippen molar-refractivity contribution in [3.8, 4) is 0 Å². The second-order valence-corrected chi connectivity index (χ2v) is 12.2. The third kappa shape index (κ3) is 7.14. The van der Waals surface area contributed by atoms with Gasteiger partial charge in [0.25, 0.3) is 0 Å². The van der Waals surface area contributed by atoms with Crippen LogP contribution in [-0.2, 0) is 26.2 Å². The molecule has 0 aliphatic heterocycles. The van der Waals surface area contributed by atoms with E-state index in [0.29, 0.717) is 21.3 Å². The number of hydrogen-bond donors (Lipinski definition) is 1. The third-order valence-electron chi connectivity index (χ3n) is 6.43. The summed E-state index contributed by atoms with van der Waals surface area (Å²) < 4.78 is 26.6. The van der Waals surface area contributed by atoms with Crippen LogP contribution in [0.1, 0.15) is 49.3 Å². The van der Waals surface area contributed by atoms with Crippen molar-refractivity contribution in [2.75, 3.05) is 17.1 Å². The molecule has 0 spiro atoms. The molecule has 1 aliphatic carbocycles. The number of carbonyl (C=O) groups excluding carboxylic acids is 2. The second-order valence-electron chi connectivity index (χ2n) is 9.50. The maximum Gasteiger partial charge on any atom is 0.244 e. The van der Waals surface area contributed by atoms with Crippen LogP contribution < -0.4 is 9.62 Å². The number of carbonyl (C=O) groups is 2. The van der Waals surface area contributed by atoms with Crippen molar-refractivity contribution in [2.24, 2.45) is 0 Å². The Kier molecular flexibility index (Phi) is 9.30. The van der Waals surface area contributed by atoms with Gasteiger partial charge in [0.2, 0.25) is 21.8 Å². The lowest BCUT2D eigenvalue weighted by Gasteiger charge is -2.32. The molecular weight excluding hydrogens is 521 g/mol. The summed E-state index contributed by atoms with van der Waals surface area (Å²) in [5, 5.41) is 3.75. The first-order valence-corrected chi connectivity index (χ1v) is 14.6. The van der Waals surface area contributed by atoms with Crippen LogP contribution in [-0.4, -0.2) is 50.0 Å². The molecule has 10 heteroatoms. The number of sulfonamides is 1. The van der Waals surface area contributed by atoms with Gasteiger partial charge in [-0.05, 0) is 69.0 Å². The zero-order valence-electron chi connectivity index (χ0n) is 21.1. The van der Waals surface area contributed by atoms with E-state index in [-0.39, 0.29) is 18.5 Å². The van der Waals surface area contributed by atoms with Crippen molar-refractivity contribution in [3.63, 3.8) is 0 Å². The Bertz CT molecular complexity index is 1190. The molecule has 0 saturated heterocycles. The van der Waals surface area contributed by atoms with E-state index in [1.807, 2.05) is 19.9 Å². The van der Waals surface area contributed by atoms with Crippen molar-refractivity contribution in [1.82, 2.24) is 10.2 Å². The molecule has 1 aliphatic rings. The van der Waals surface area contributed by atoms with Crippen molar-refractivity contribution in [1.29, 1.82) is 0 Å². The number of aryl methyl sites for hydroxylation is 2. The quantitative estimate of drug-likeness (QED) is 0.480. The monoisotopic (exact) mass is 553 g/mol. The largest absolute Gasteiger partial charge is 0.352 e. The molecule has 1 fully saturated rings. The van der Waals surface area contributed by atoms with Crippen LogP contribution in [0.4, 0.5) is 5.69 Å². The van der Waals surface area contributed by atoms with Gasteiger partial charge in [0.05, 0.1) is 11.9 Å². The molecule has 2 aromatic rings. The van der Waals surface area contributed by atoms with Crippen LogP contribution >= 0.6 is 23.2 Å². The first kappa shape index (κ1) is 28.3. The highest BCUT2D eigenvalue weighted by atomic mass is 35.5. The molecule has 0 bridgehead atoms. The van der Waals surface area contributed by atoms with Gasteiger partial charge in [0.1, 0.15) is 12.6 Å². The lowest BCUT2D eigenvalue weighted by Crippen LogP contribution is -2.52. The number of amides is 2. The smallest absolute Gasteiger partial charge is 0.244 e. The van der Waals surface area contributed by atoms with Crippen LogP contribution in [0.3, 0.4) is 0 Å². The third-order valence-corrected chi connectivity index (χ3v) is 8.28. The fourth-order valence-electron chi connectivity index (χ4n) is 4.54. The van der Waals surface area contributed by atoms with Crippen molar-refractivity contribution in [2.45, 2.75) is 65.1 Å². The van der Waals surface area contributed by atoms with Crippen LogP contribution in [0.15, 0.2) is 36.4 Å². The number of benzene rings is 2. The minimum absolute atomic E-state index is 0.0406. The summed E-state index contributed by atoms with van der Waals surface area (Å²) in [7, 11) is -3.80. The molecule has 1 atom stereocenters. The van der Waals surface area contributed by atoms with Crippen molar-refractivity contribution >= 4 is 50.7 Å². The Morgan fingerprint density at radius 1 is 1.06 bits per heavy atom. The minimum atomic E-state index is -3.80. The van der Waals surface area contributed by atoms with E-state index in [0.717, 1.165) is 47.4 Å². The predicted molar refractivity (Wildman–Crippen MR) is 145 cm³/mol. The predicted octanol–water partition coefficient (Wildman–Crippen LogP) is 4.85. The molecule has 3 rings (SSSR count). The highest BCUT2D eigenvalue weighted by Gasteiger charge is 2.32. The standard InChI is InChI=1S/C26H33Cl2N3O4S/c1-17-12-18(2)14-21(13-17)31(36(4,34)35)16-25(32)30(15-22-23(27)10-7-11-24(22)28)19(3)26(33)29-20-8-5-6-9-20/h7,10-14,19-20H,5-6,8-9,15-16H2,1-4H3,(H,29,33)/t19-/m0/s1. The van der Waals surface area contributed by atoms with Gasteiger partial charge in [0, 0.05) is 28.2 Å². The van der Waals surface area contributed by atoms with Gasteiger partial charge in [-0.25, -0.2) is 8.42 Å². The summed E-state index contributed by atoms with van der Waals surface area (Å²) in [4.78, 5) is 28.2. The van der Waals surface area contributed by atoms with E-state index in [1.165, 1.54) is 4.90 Å². The van der Waals surface area contributed by atoms with Gasteiger partial charge in [-0.15, -0.1) is 0 Å². The van der Waals surface area contributed by atoms with E-state index in [2.05, 4.69) is 5.32 Å². The Morgan fingerprint density at radius 2 is 1.61 bits per heavy atom. The Hall–Kier alpha value is -2.29. The molecule has 1 N–H and O–H groups in total. The average Bonchev–Trinajstić information content (AvgIpc) is 3.28. The molecule has 0 heterocycles. The number of halogens is 2. The Balaban J connectivity index is 1.95. The molecule has 7 nitrogen and oxygen atoms in total. The van der Waals surface area contributed by atoms with Crippen LogP contribution in [0.2, 0.25) is 10.0 Å². The molecule has 0 aromatic heterocycles. The van der Waals surface area contributed by atoms with Gasteiger partial charge in [-0.3, -0.25) is 13.9 Å². The molecule has 36 heavy (non-hydrogen) atoms. The molecular formula is C26H33Cl2N3O4S. The molecule has 2 amide bonds. The maximum absolute atomic E-state index is 13.7. The number of anilines is 1. The topological polar surface area (TPSA) is 86.8 Å². The van der Waals surface area contributed by atoms with E-state index in [1.54, 1.807) is 37.3 Å². The highest BCUT2D eigenvalue weighted by Crippen LogP contribution is 2.28. The van der Waals surface area contributed by atoms with E-state index in [4.69, 9.17) is 23.2 Å². The molecule has 0 unspecified atom stereocenters. The number of hydrogen-bond acceptors (Lipinski definition) is 4. The zero-order valence-corrected chi connectivity index (χ0v) is 23.4. The van der Waals surface area contributed by atoms with E-state index >= 15 is 0 Å². The maximum atomic E-state index is 13.7. The summed E-state index contributed by atoms with van der Waals surface area (Å²) in [6.45, 7) is 4.85. The van der Waals surface area contributed by atoms with Crippen LogP contribution in [0, 0.1) is 13.8 Å².